The average molecular weight is 369 g/mol. The number of carbonyl (C=O) groups is 1. The van der Waals surface area contributed by atoms with Gasteiger partial charge in [0.15, 0.2) is 0 Å². The summed E-state index contributed by atoms with van der Waals surface area (Å²) in [5.74, 6) is 0.734. The summed E-state index contributed by atoms with van der Waals surface area (Å²) in [7, 11) is 0. The zero-order valence-electron chi connectivity index (χ0n) is 8.77. The van der Waals surface area contributed by atoms with E-state index in [2.05, 4.69) is 37.2 Å². The number of rotatable bonds is 4. The van der Waals surface area contributed by atoms with E-state index in [0.717, 1.165) is 8.95 Å². The number of amides is 1. The van der Waals surface area contributed by atoms with E-state index < -0.39 is 0 Å². The van der Waals surface area contributed by atoms with Crippen molar-refractivity contribution in [3.8, 4) is 0 Å². The fraction of sp³-hybridized carbons (Fsp3) is 0.364. The molecule has 88 valence electrons. The van der Waals surface area contributed by atoms with Crippen molar-refractivity contribution in [2.24, 2.45) is 5.92 Å². The van der Waals surface area contributed by atoms with Gasteiger partial charge < -0.3 is 5.32 Å². The van der Waals surface area contributed by atoms with E-state index >= 15 is 0 Å². The first-order valence-electron chi connectivity index (χ1n) is 4.83. The summed E-state index contributed by atoms with van der Waals surface area (Å²) in [5.41, 5.74) is 0.630. The minimum absolute atomic E-state index is 0.0867. The molecule has 1 amide bonds. The summed E-state index contributed by atoms with van der Waals surface area (Å²) in [6.07, 6.45) is 0. The lowest BCUT2D eigenvalue weighted by Gasteiger charge is -2.10. The number of alkyl halides is 1. The van der Waals surface area contributed by atoms with Crippen molar-refractivity contribution in [2.45, 2.75) is 6.92 Å². The molecule has 1 atom stereocenters. The molecule has 0 heterocycles. The van der Waals surface area contributed by atoms with Crippen LogP contribution in [-0.4, -0.2) is 18.3 Å². The van der Waals surface area contributed by atoms with E-state index in [1.807, 2.05) is 19.1 Å². The smallest absolute Gasteiger partial charge is 0.252 e. The zero-order chi connectivity index (χ0) is 12.1. The third-order valence-electron chi connectivity index (χ3n) is 2.05. The van der Waals surface area contributed by atoms with Gasteiger partial charge in [0.25, 0.3) is 5.91 Å². The Morgan fingerprint density at radius 1 is 1.50 bits per heavy atom. The predicted molar refractivity (Wildman–Crippen MR) is 74.1 cm³/mol. The van der Waals surface area contributed by atoms with Crippen LogP contribution in [0.25, 0.3) is 0 Å². The molecule has 1 aromatic rings. The maximum absolute atomic E-state index is 11.8. The second-order valence-corrected chi connectivity index (χ2v) is 5.67. The van der Waals surface area contributed by atoms with E-state index in [9.17, 15) is 4.79 Å². The molecule has 1 aromatic carbocycles. The molecule has 0 bridgehead atoms. The monoisotopic (exact) mass is 367 g/mol. The van der Waals surface area contributed by atoms with E-state index in [1.165, 1.54) is 0 Å². The van der Waals surface area contributed by atoms with E-state index in [1.54, 1.807) is 6.07 Å². The van der Waals surface area contributed by atoms with Crippen LogP contribution in [0.5, 0.6) is 0 Å². The molecule has 0 fully saturated rings. The van der Waals surface area contributed by atoms with Crippen LogP contribution in [-0.2, 0) is 0 Å². The van der Waals surface area contributed by atoms with Crippen LogP contribution in [0.2, 0.25) is 0 Å². The van der Waals surface area contributed by atoms with Gasteiger partial charge in [-0.3, -0.25) is 4.79 Å². The molecule has 1 rings (SSSR count). The van der Waals surface area contributed by atoms with Gasteiger partial charge in [0, 0.05) is 21.4 Å². The molecule has 1 unspecified atom stereocenters. The molecule has 16 heavy (non-hydrogen) atoms. The maximum Gasteiger partial charge on any atom is 0.252 e. The molecular weight excluding hydrogens is 357 g/mol. The minimum Gasteiger partial charge on any atom is -0.352 e. The zero-order valence-corrected chi connectivity index (χ0v) is 12.7. The van der Waals surface area contributed by atoms with Crippen molar-refractivity contribution in [3.63, 3.8) is 0 Å². The number of nitrogens with one attached hydrogen (secondary N) is 1. The van der Waals surface area contributed by atoms with Crippen LogP contribution in [0.3, 0.4) is 0 Å². The number of halogens is 3. The molecule has 0 saturated heterocycles. The van der Waals surface area contributed by atoms with Gasteiger partial charge >= 0.3 is 0 Å². The van der Waals surface area contributed by atoms with Crippen molar-refractivity contribution >= 4 is 49.4 Å². The van der Waals surface area contributed by atoms with Crippen LogP contribution < -0.4 is 5.32 Å². The number of benzene rings is 1. The average Bonchev–Trinajstić information content (AvgIpc) is 2.25. The van der Waals surface area contributed by atoms with Crippen molar-refractivity contribution in [2.75, 3.05) is 12.4 Å². The molecule has 0 aliphatic rings. The number of carbonyl (C=O) groups excluding carboxylic acids is 1. The van der Waals surface area contributed by atoms with Crippen LogP contribution >= 0.6 is 43.5 Å². The number of hydrogen-bond acceptors (Lipinski definition) is 1. The van der Waals surface area contributed by atoms with Crippen LogP contribution in [0, 0.1) is 5.92 Å². The molecule has 5 heteroatoms. The second kappa shape index (κ2) is 6.62. The Bertz CT molecular complexity index is 384. The van der Waals surface area contributed by atoms with E-state index in [-0.39, 0.29) is 11.8 Å². The first-order chi connectivity index (χ1) is 7.54. The Morgan fingerprint density at radius 3 is 2.75 bits per heavy atom. The maximum atomic E-state index is 11.8. The van der Waals surface area contributed by atoms with Crippen molar-refractivity contribution in [1.82, 2.24) is 5.32 Å². The fourth-order valence-corrected chi connectivity index (χ4v) is 2.43. The van der Waals surface area contributed by atoms with Crippen LogP contribution in [0.4, 0.5) is 0 Å². The lowest BCUT2D eigenvalue weighted by molar-refractivity contribution is 0.0948. The second-order valence-electron chi connectivity index (χ2n) is 3.59. The van der Waals surface area contributed by atoms with Gasteiger partial charge in [-0.1, -0.05) is 22.9 Å². The molecule has 2 nitrogen and oxygen atoms in total. The van der Waals surface area contributed by atoms with Crippen LogP contribution in [0.15, 0.2) is 27.1 Å². The third kappa shape index (κ3) is 4.07. The molecule has 0 aliphatic heterocycles. The highest BCUT2D eigenvalue weighted by molar-refractivity contribution is 9.11. The normalized spacial score (nSPS) is 12.2. The molecule has 0 spiro atoms. The fourth-order valence-electron chi connectivity index (χ4n) is 1.09. The first-order valence-corrected chi connectivity index (χ1v) is 6.96. The topological polar surface area (TPSA) is 29.1 Å². The molecule has 1 N–H and O–H groups in total. The Kier molecular flexibility index (Phi) is 5.79. The summed E-state index contributed by atoms with van der Waals surface area (Å²) < 4.78 is 1.71. The highest BCUT2D eigenvalue weighted by Crippen LogP contribution is 2.21. The highest BCUT2D eigenvalue weighted by Gasteiger charge is 2.10. The van der Waals surface area contributed by atoms with Gasteiger partial charge in [-0.15, -0.1) is 11.6 Å². The van der Waals surface area contributed by atoms with Gasteiger partial charge in [-0.05, 0) is 40.0 Å². The molecule has 0 aromatic heterocycles. The standard InChI is InChI=1S/C11H12Br2ClNO/c1-7(5-14)6-15-11(16)9-3-2-8(12)4-10(9)13/h2-4,7H,5-6H2,1H3,(H,15,16). The predicted octanol–water partition coefficient (Wildman–Crippen LogP) is 3.82. The van der Waals surface area contributed by atoms with Crippen molar-refractivity contribution < 1.29 is 4.79 Å². The van der Waals surface area contributed by atoms with Gasteiger partial charge in [0.05, 0.1) is 5.56 Å². The summed E-state index contributed by atoms with van der Waals surface area (Å²) in [6.45, 7) is 2.58. The summed E-state index contributed by atoms with van der Waals surface area (Å²) in [4.78, 5) is 11.8. The Labute approximate surface area is 117 Å². The lowest BCUT2D eigenvalue weighted by Crippen LogP contribution is -2.29. The first kappa shape index (κ1) is 14.0. The Morgan fingerprint density at radius 2 is 2.19 bits per heavy atom. The van der Waals surface area contributed by atoms with Gasteiger partial charge in [-0.2, -0.15) is 0 Å². The SMILES string of the molecule is CC(CCl)CNC(=O)c1ccc(Br)cc1Br. The van der Waals surface area contributed by atoms with Crippen LogP contribution in [0.1, 0.15) is 17.3 Å². The minimum atomic E-state index is -0.0867. The Hall–Kier alpha value is -0.0600. The van der Waals surface area contributed by atoms with E-state index in [4.69, 9.17) is 11.6 Å². The van der Waals surface area contributed by atoms with Gasteiger partial charge in [0.2, 0.25) is 0 Å². The van der Waals surface area contributed by atoms with Gasteiger partial charge in [-0.25, -0.2) is 0 Å². The molecule has 0 saturated carbocycles. The number of hydrogen-bond donors (Lipinski definition) is 1. The third-order valence-corrected chi connectivity index (χ3v) is 3.73. The summed E-state index contributed by atoms with van der Waals surface area (Å²) in [6, 6.07) is 5.46. The van der Waals surface area contributed by atoms with Crippen molar-refractivity contribution in [1.29, 1.82) is 0 Å². The molecule has 0 radical (unpaired) electrons. The lowest BCUT2D eigenvalue weighted by atomic mass is 10.2. The summed E-state index contributed by atoms with van der Waals surface area (Å²) >= 11 is 12.4. The summed E-state index contributed by atoms with van der Waals surface area (Å²) in [5, 5.41) is 2.84. The molecule has 0 aliphatic carbocycles. The quantitative estimate of drug-likeness (QED) is 0.804. The molecular formula is C11H12Br2ClNO. The van der Waals surface area contributed by atoms with Gasteiger partial charge in [0.1, 0.15) is 0 Å². The van der Waals surface area contributed by atoms with Crippen molar-refractivity contribution in [3.05, 3.63) is 32.7 Å². The highest BCUT2D eigenvalue weighted by atomic mass is 79.9. The largest absolute Gasteiger partial charge is 0.352 e. The Balaban J connectivity index is 2.66. The van der Waals surface area contributed by atoms with E-state index in [0.29, 0.717) is 18.0 Å².